The summed E-state index contributed by atoms with van der Waals surface area (Å²) in [4.78, 5) is 0.985. The summed E-state index contributed by atoms with van der Waals surface area (Å²) in [6, 6.07) is 8.65. The first-order chi connectivity index (χ1) is 4.83. The molecule has 0 unspecified atom stereocenters. The predicted octanol–water partition coefficient (Wildman–Crippen LogP) is 2.37. The first-order valence-corrected chi connectivity index (χ1v) is 3.69. The molecule has 0 bridgehead atoms. The number of rotatable bonds is 1. The quantitative estimate of drug-likeness (QED) is 0.451. The molecule has 0 saturated carbocycles. The molecule has 0 aliphatic carbocycles. The van der Waals surface area contributed by atoms with E-state index in [9.17, 15) is 0 Å². The number of aryl methyl sites for hydroxylation is 1. The zero-order valence-electron chi connectivity index (χ0n) is 5.59. The summed E-state index contributed by atoms with van der Waals surface area (Å²) < 4.78 is 0. The molecule has 49 valence electrons. The van der Waals surface area contributed by atoms with Crippen LogP contribution in [0.2, 0.25) is 0 Å². The number of hydrogen-bond acceptors (Lipinski definition) is 2. The van der Waals surface area contributed by atoms with Gasteiger partial charge in [0.2, 0.25) is 0 Å². The largest absolute Gasteiger partial charge is 0.185 e. The Morgan fingerprint density at radius 1 is 1.70 bits per heavy atom. The van der Waals surface area contributed by atoms with E-state index in [2.05, 4.69) is 6.07 Å². The van der Waals surface area contributed by atoms with Crippen LogP contribution in [0.3, 0.4) is 0 Å². The molecule has 1 aromatic rings. The lowest BCUT2D eigenvalue weighted by Gasteiger charge is -1.92. The molecule has 0 fully saturated rings. The van der Waals surface area contributed by atoms with Gasteiger partial charge in [-0.25, -0.2) is 0 Å². The van der Waals surface area contributed by atoms with Crippen LogP contribution in [0.4, 0.5) is 0 Å². The van der Waals surface area contributed by atoms with Crippen molar-refractivity contribution in [3.05, 3.63) is 29.8 Å². The Morgan fingerprint density at radius 2 is 2.50 bits per heavy atom. The minimum atomic E-state index is 0.985. The summed E-state index contributed by atoms with van der Waals surface area (Å²) >= 11 is 1.17. The van der Waals surface area contributed by atoms with E-state index in [1.54, 1.807) is 0 Å². The number of thioether (sulfide) groups is 1. The van der Waals surface area contributed by atoms with Gasteiger partial charge in [-0.3, -0.25) is 0 Å². The Kier molecular flexibility index (Phi) is 2.35. The summed E-state index contributed by atoms with van der Waals surface area (Å²) in [5, 5.41) is 10.3. The van der Waals surface area contributed by atoms with E-state index in [4.69, 9.17) is 5.26 Å². The van der Waals surface area contributed by atoms with Crippen LogP contribution >= 0.6 is 11.8 Å². The second-order valence-electron chi connectivity index (χ2n) is 1.90. The van der Waals surface area contributed by atoms with Crippen molar-refractivity contribution in [2.75, 3.05) is 0 Å². The van der Waals surface area contributed by atoms with Crippen LogP contribution in [0, 0.1) is 23.7 Å². The highest BCUT2D eigenvalue weighted by molar-refractivity contribution is 8.03. The molecule has 1 nitrogen and oxygen atoms in total. The van der Waals surface area contributed by atoms with Gasteiger partial charge in [-0.1, -0.05) is 6.07 Å². The maximum atomic E-state index is 8.31. The summed E-state index contributed by atoms with van der Waals surface area (Å²) in [6.45, 7) is 1.96. The molecule has 0 amide bonds. The van der Waals surface area contributed by atoms with Crippen LogP contribution in [0.1, 0.15) is 5.56 Å². The van der Waals surface area contributed by atoms with Gasteiger partial charge >= 0.3 is 0 Å². The third kappa shape index (κ3) is 1.78. The smallest absolute Gasteiger partial charge is 0.138 e. The van der Waals surface area contributed by atoms with Crippen molar-refractivity contribution in [1.82, 2.24) is 0 Å². The minimum Gasteiger partial charge on any atom is -0.185 e. The first-order valence-electron chi connectivity index (χ1n) is 2.87. The summed E-state index contributed by atoms with van der Waals surface area (Å²) in [7, 11) is 0. The third-order valence-electron chi connectivity index (χ3n) is 1.08. The van der Waals surface area contributed by atoms with Gasteiger partial charge in [0.25, 0.3) is 0 Å². The van der Waals surface area contributed by atoms with Crippen LogP contribution in [0.15, 0.2) is 23.1 Å². The van der Waals surface area contributed by atoms with Gasteiger partial charge in [0.05, 0.1) is 0 Å². The topological polar surface area (TPSA) is 23.8 Å². The average molecular weight is 148 g/mol. The van der Waals surface area contributed by atoms with Crippen LogP contribution < -0.4 is 0 Å². The van der Waals surface area contributed by atoms with Crippen molar-refractivity contribution >= 4 is 11.8 Å². The Bertz CT molecular complexity index is 262. The van der Waals surface area contributed by atoms with Crippen molar-refractivity contribution in [3.8, 4) is 5.40 Å². The monoisotopic (exact) mass is 148 g/mol. The van der Waals surface area contributed by atoms with Gasteiger partial charge in [-0.05, 0) is 42.4 Å². The molecule has 0 heterocycles. The molecule has 0 saturated heterocycles. The molecule has 1 rings (SSSR count). The van der Waals surface area contributed by atoms with Gasteiger partial charge in [0.1, 0.15) is 5.40 Å². The van der Waals surface area contributed by atoms with E-state index in [-0.39, 0.29) is 0 Å². The van der Waals surface area contributed by atoms with Gasteiger partial charge < -0.3 is 0 Å². The number of thiocyanates is 1. The van der Waals surface area contributed by atoms with Gasteiger partial charge in [0, 0.05) is 4.90 Å². The molecule has 0 aliphatic heterocycles. The van der Waals surface area contributed by atoms with E-state index in [0.29, 0.717) is 0 Å². The molecular weight excluding hydrogens is 142 g/mol. The lowest BCUT2D eigenvalue weighted by atomic mass is 10.2. The number of hydrogen-bond donors (Lipinski definition) is 0. The van der Waals surface area contributed by atoms with Gasteiger partial charge in [-0.2, -0.15) is 5.26 Å². The molecule has 1 radical (unpaired) electrons. The highest BCUT2D eigenvalue weighted by atomic mass is 32.2. The van der Waals surface area contributed by atoms with Crippen molar-refractivity contribution in [1.29, 1.82) is 5.26 Å². The SMILES string of the molecule is Cc1[c]ccc(SC#N)c1. The third-order valence-corrected chi connectivity index (χ3v) is 1.66. The highest BCUT2D eigenvalue weighted by Crippen LogP contribution is 2.16. The molecular formula is C8H6NS. The van der Waals surface area contributed by atoms with Crippen molar-refractivity contribution in [2.24, 2.45) is 0 Å². The minimum absolute atomic E-state index is 0.985. The Hall–Kier alpha value is -0.940. The van der Waals surface area contributed by atoms with E-state index in [1.165, 1.54) is 11.8 Å². The number of benzene rings is 1. The normalized spacial score (nSPS) is 8.80. The number of nitriles is 1. The number of nitrogens with zero attached hydrogens (tertiary/aromatic N) is 1. The lowest BCUT2D eigenvalue weighted by molar-refractivity contribution is 1.36. The fraction of sp³-hybridized carbons (Fsp3) is 0.125. The maximum Gasteiger partial charge on any atom is 0.138 e. The van der Waals surface area contributed by atoms with Crippen molar-refractivity contribution in [3.63, 3.8) is 0 Å². The summed E-state index contributed by atoms with van der Waals surface area (Å²) in [6.07, 6.45) is 0. The molecule has 1 aromatic carbocycles. The second kappa shape index (κ2) is 3.28. The molecule has 0 aliphatic rings. The fourth-order valence-electron chi connectivity index (χ4n) is 0.675. The predicted molar refractivity (Wildman–Crippen MR) is 41.5 cm³/mol. The lowest BCUT2D eigenvalue weighted by Crippen LogP contribution is -1.71. The summed E-state index contributed by atoms with van der Waals surface area (Å²) in [5.41, 5.74) is 1.07. The zero-order valence-corrected chi connectivity index (χ0v) is 6.40. The fourth-order valence-corrected chi connectivity index (χ4v) is 1.15. The van der Waals surface area contributed by atoms with Crippen molar-refractivity contribution in [2.45, 2.75) is 11.8 Å². The molecule has 0 N–H and O–H groups in total. The highest BCUT2D eigenvalue weighted by Gasteiger charge is 1.90. The molecule has 0 atom stereocenters. The molecule has 0 aromatic heterocycles. The van der Waals surface area contributed by atoms with Crippen LogP contribution in [0.5, 0.6) is 0 Å². The molecule has 10 heavy (non-hydrogen) atoms. The summed E-state index contributed by atoms with van der Waals surface area (Å²) in [5.74, 6) is 0. The van der Waals surface area contributed by atoms with Crippen LogP contribution in [0.25, 0.3) is 0 Å². The Balaban J connectivity index is 2.87. The van der Waals surface area contributed by atoms with E-state index in [0.717, 1.165) is 10.5 Å². The van der Waals surface area contributed by atoms with Crippen LogP contribution in [-0.4, -0.2) is 0 Å². The van der Waals surface area contributed by atoms with Crippen molar-refractivity contribution < 1.29 is 0 Å². The Morgan fingerprint density at radius 3 is 3.10 bits per heavy atom. The van der Waals surface area contributed by atoms with Crippen LogP contribution in [-0.2, 0) is 0 Å². The maximum absolute atomic E-state index is 8.31. The zero-order chi connectivity index (χ0) is 7.40. The van der Waals surface area contributed by atoms with Gasteiger partial charge in [0.15, 0.2) is 0 Å². The second-order valence-corrected chi connectivity index (χ2v) is 2.76. The van der Waals surface area contributed by atoms with E-state index in [1.807, 2.05) is 30.5 Å². The molecule has 2 heteroatoms. The average Bonchev–Trinajstić information content (AvgIpc) is 1.88. The Labute approximate surface area is 64.7 Å². The van der Waals surface area contributed by atoms with Gasteiger partial charge in [-0.15, -0.1) is 0 Å². The van der Waals surface area contributed by atoms with E-state index >= 15 is 0 Å². The molecule has 0 spiro atoms. The van der Waals surface area contributed by atoms with E-state index < -0.39 is 0 Å². The standard InChI is InChI=1S/C8H6NS/c1-7-3-2-4-8(5-7)10-6-9/h2,4-5H,1H3. The first kappa shape index (κ1) is 7.17.